The van der Waals surface area contributed by atoms with Crippen molar-refractivity contribution in [3.05, 3.63) is 87.6 Å². The molecule has 0 bridgehead atoms. The molecule has 2 N–H and O–H groups in total. The Morgan fingerprint density at radius 1 is 1.07 bits per heavy atom. The standard InChI is InChI=1S/C21H17FN4O2/c1-12-3-7-15(8-4-12)24-21(28)17-11-23-20-18(19(17)27)13(2)25-26(20)16-9-5-14(22)6-10-16/h3-11H,1-2H3,(H,23,27)(H,24,28). The van der Waals surface area contributed by atoms with Crippen molar-refractivity contribution < 1.29 is 9.18 Å². The Morgan fingerprint density at radius 2 is 1.75 bits per heavy atom. The van der Waals surface area contributed by atoms with Crippen LogP contribution in [0, 0.1) is 19.7 Å². The number of carbonyl (C=O) groups is 1. The van der Waals surface area contributed by atoms with Crippen LogP contribution >= 0.6 is 0 Å². The highest BCUT2D eigenvalue weighted by molar-refractivity contribution is 6.05. The summed E-state index contributed by atoms with van der Waals surface area (Å²) in [7, 11) is 0. The number of hydrogen-bond donors (Lipinski definition) is 2. The minimum atomic E-state index is -0.499. The summed E-state index contributed by atoms with van der Waals surface area (Å²) in [6.45, 7) is 3.64. The first kappa shape index (κ1) is 17.7. The van der Waals surface area contributed by atoms with Gasteiger partial charge in [0.25, 0.3) is 5.91 Å². The summed E-state index contributed by atoms with van der Waals surface area (Å²) in [6, 6.07) is 13.1. The summed E-state index contributed by atoms with van der Waals surface area (Å²) in [4.78, 5) is 28.5. The van der Waals surface area contributed by atoms with Crippen LogP contribution in [0.5, 0.6) is 0 Å². The molecule has 2 heterocycles. The average molecular weight is 376 g/mol. The van der Waals surface area contributed by atoms with Crippen molar-refractivity contribution in [3.8, 4) is 5.69 Å². The molecule has 4 rings (SSSR count). The first-order valence-electron chi connectivity index (χ1n) is 8.69. The van der Waals surface area contributed by atoms with Crippen molar-refractivity contribution in [3.63, 3.8) is 0 Å². The van der Waals surface area contributed by atoms with Crippen molar-refractivity contribution in [2.75, 3.05) is 5.32 Å². The van der Waals surface area contributed by atoms with E-state index in [0.717, 1.165) is 5.56 Å². The Labute approximate surface area is 159 Å². The number of aromatic nitrogens is 3. The lowest BCUT2D eigenvalue weighted by atomic mass is 10.1. The fraction of sp³-hybridized carbons (Fsp3) is 0.0952. The first-order chi connectivity index (χ1) is 13.4. The minimum Gasteiger partial charge on any atom is -0.345 e. The highest BCUT2D eigenvalue weighted by Gasteiger charge is 2.19. The molecule has 2 aromatic heterocycles. The summed E-state index contributed by atoms with van der Waals surface area (Å²) >= 11 is 0. The van der Waals surface area contributed by atoms with Gasteiger partial charge in [0.05, 0.1) is 16.8 Å². The van der Waals surface area contributed by atoms with Gasteiger partial charge in [-0.2, -0.15) is 5.10 Å². The van der Waals surface area contributed by atoms with Crippen LogP contribution in [0.25, 0.3) is 16.7 Å². The number of pyridine rings is 1. The third-order valence-corrected chi connectivity index (χ3v) is 4.51. The SMILES string of the molecule is Cc1ccc(NC(=O)c2c[nH]c3c(c(C)nn3-c3ccc(F)cc3)c2=O)cc1. The molecule has 0 spiro atoms. The van der Waals surface area contributed by atoms with E-state index in [1.165, 1.54) is 23.0 Å². The van der Waals surface area contributed by atoms with E-state index in [0.29, 0.717) is 28.1 Å². The molecule has 4 aromatic rings. The van der Waals surface area contributed by atoms with E-state index in [2.05, 4.69) is 15.4 Å². The molecule has 0 atom stereocenters. The zero-order chi connectivity index (χ0) is 19.8. The van der Waals surface area contributed by atoms with Crippen molar-refractivity contribution in [2.45, 2.75) is 13.8 Å². The van der Waals surface area contributed by atoms with Crippen LogP contribution in [0.1, 0.15) is 21.6 Å². The van der Waals surface area contributed by atoms with Crippen LogP contribution in [-0.2, 0) is 0 Å². The third kappa shape index (κ3) is 3.07. The van der Waals surface area contributed by atoms with Crippen molar-refractivity contribution in [1.82, 2.24) is 14.8 Å². The number of nitrogens with one attached hydrogen (secondary N) is 2. The fourth-order valence-corrected chi connectivity index (χ4v) is 3.05. The lowest BCUT2D eigenvalue weighted by Gasteiger charge is -2.06. The van der Waals surface area contributed by atoms with Gasteiger partial charge in [0.15, 0.2) is 0 Å². The normalized spacial score (nSPS) is 11.0. The Kier molecular flexibility index (Phi) is 4.27. The number of aromatic amines is 1. The van der Waals surface area contributed by atoms with Gasteiger partial charge in [0.2, 0.25) is 5.43 Å². The molecule has 0 saturated heterocycles. The minimum absolute atomic E-state index is 0.00479. The molecular formula is C21H17FN4O2. The second kappa shape index (κ2) is 6.77. The molecule has 28 heavy (non-hydrogen) atoms. The second-order valence-corrected chi connectivity index (χ2v) is 6.55. The number of aryl methyl sites for hydroxylation is 2. The highest BCUT2D eigenvalue weighted by atomic mass is 19.1. The lowest BCUT2D eigenvalue weighted by Crippen LogP contribution is -2.22. The Morgan fingerprint density at radius 3 is 2.43 bits per heavy atom. The molecule has 2 aromatic carbocycles. The van der Waals surface area contributed by atoms with E-state index in [-0.39, 0.29) is 11.4 Å². The number of fused-ring (bicyclic) bond motifs is 1. The van der Waals surface area contributed by atoms with Gasteiger partial charge < -0.3 is 10.3 Å². The van der Waals surface area contributed by atoms with Crippen molar-refractivity contribution in [1.29, 1.82) is 0 Å². The van der Waals surface area contributed by atoms with E-state index in [1.807, 2.05) is 19.1 Å². The molecule has 6 nitrogen and oxygen atoms in total. The van der Waals surface area contributed by atoms with Crippen LogP contribution in [0.2, 0.25) is 0 Å². The van der Waals surface area contributed by atoms with E-state index >= 15 is 0 Å². The molecule has 7 heteroatoms. The highest BCUT2D eigenvalue weighted by Crippen LogP contribution is 2.18. The number of H-pyrrole nitrogens is 1. The number of halogens is 1. The largest absolute Gasteiger partial charge is 0.345 e. The van der Waals surface area contributed by atoms with Crippen molar-refractivity contribution in [2.24, 2.45) is 0 Å². The predicted octanol–water partition coefficient (Wildman–Crippen LogP) is 3.72. The second-order valence-electron chi connectivity index (χ2n) is 6.55. The van der Waals surface area contributed by atoms with E-state index in [9.17, 15) is 14.0 Å². The maximum Gasteiger partial charge on any atom is 0.261 e. The summed E-state index contributed by atoms with van der Waals surface area (Å²) in [6.07, 6.45) is 1.37. The van der Waals surface area contributed by atoms with E-state index in [1.54, 1.807) is 31.2 Å². The fourth-order valence-electron chi connectivity index (χ4n) is 3.05. The Hall–Kier alpha value is -3.74. The molecule has 0 aliphatic heterocycles. The summed E-state index contributed by atoms with van der Waals surface area (Å²) in [5, 5.41) is 7.42. The molecule has 0 radical (unpaired) electrons. The van der Waals surface area contributed by atoms with Gasteiger partial charge >= 0.3 is 0 Å². The lowest BCUT2D eigenvalue weighted by molar-refractivity contribution is 0.102. The molecular weight excluding hydrogens is 359 g/mol. The summed E-state index contributed by atoms with van der Waals surface area (Å²) < 4.78 is 14.7. The number of amides is 1. The van der Waals surface area contributed by atoms with Crippen LogP contribution < -0.4 is 10.7 Å². The molecule has 1 amide bonds. The molecule has 0 fully saturated rings. The number of anilines is 1. The summed E-state index contributed by atoms with van der Waals surface area (Å²) in [5.41, 5.74) is 2.78. The number of benzene rings is 2. The Bertz CT molecular complexity index is 1240. The van der Waals surface area contributed by atoms with Crippen LogP contribution in [0.4, 0.5) is 10.1 Å². The van der Waals surface area contributed by atoms with E-state index < -0.39 is 11.3 Å². The van der Waals surface area contributed by atoms with Crippen LogP contribution in [0.3, 0.4) is 0 Å². The molecule has 0 aliphatic rings. The predicted molar refractivity (Wildman–Crippen MR) is 106 cm³/mol. The van der Waals surface area contributed by atoms with Gasteiger partial charge in [-0.05, 0) is 50.2 Å². The number of rotatable bonds is 3. The molecule has 0 unspecified atom stereocenters. The van der Waals surface area contributed by atoms with Gasteiger partial charge in [0, 0.05) is 11.9 Å². The van der Waals surface area contributed by atoms with Crippen molar-refractivity contribution >= 4 is 22.6 Å². The maximum atomic E-state index is 13.2. The molecule has 140 valence electrons. The van der Waals surface area contributed by atoms with Crippen LogP contribution in [-0.4, -0.2) is 20.7 Å². The quantitative estimate of drug-likeness (QED) is 0.572. The summed E-state index contributed by atoms with van der Waals surface area (Å²) in [5.74, 6) is -0.860. The molecule has 0 saturated carbocycles. The smallest absolute Gasteiger partial charge is 0.261 e. The first-order valence-corrected chi connectivity index (χ1v) is 8.69. The maximum absolute atomic E-state index is 13.2. The topological polar surface area (TPSA) is 79.8 Å². The molecule has 0 aliphatic carbocycles. The van der Waals surface area contributed by atoms with Gasteiger partial charge in [0.1, 0.15) is 17.0 Å². The Balaban J connectivity index is 1.76. The average Bonchev–Trinajstić information content (AvgIpc) is 3.02. The third-order valence-electron chi connectivity index (χ3n) is 4.51. The zero-order valence-electron chi connectivity index (χ0n) is 15.3. The monoisotopic (exact) mass is 376 g/mol. The number of hydrogen-bond acceptors (Lipinski definition) is 3. The zero-order valence-corrected chi connectivity index (χ0v) is 15.3. The number of carbonyl (C=O) groups excluding carboxylic acids is 1. The van der Waals surface area contributed by atoms with Gasteiger partial charge in [-0.3, -0.25) is 9.59 Å². The van der Waals surface area contributed by atoms with Gasteiger partial charge in [-0.25, -0.2) is 9.07 Å². The van der Waals surface area contributed by atoms with Gasteiger partial charge in [-0.1, -0.05) is 17.7 Å². The van der Waals surface area contributed by atoms with Crippen LogP contribution in [0.15, 0.2) is 59.5 Å². The number of nitrogens with zero attached hydrogens (tertiary/aromatic N) is 2. The van der Waals surface area contributed by atoms with E-state index in [4.69, 9.17) is 0 Å². The van der Waals surface area contributed by atoms with Gasteiger partial charge in [-0.15, -0.1) is 0 Å².